The molecular formula is C76H51N3. The monoisotopic (exact) mass is 1010 g/mol. The van der Waals surface area contributed by atoms with Crippen molar-refractivity contribution in [1.82, 2.24) is 13.7 Å². The van der Waals surface area contributed by atoms with Crippen molar-refractivity contribution in [2.24, 2.45) is 0 Å². The molecule has 0 aliphatic heterocycles. The lowest BCUT2D eigenvalue weighted by atomic mass is 9.86. The predicted molar refractivity (Wildman–Crippen MR) is 336 cm³/mol. The van der Waals surface area contributed by atoms with Gasteiger partial charge in [-0.15, -0.1) is 0 Å². The van der Waals surface area contributed by atoms with Crippen LogP contribution in [-0.4, -0.2) is 13.7 Å². The Balaban J connectivity index is 0.881. The first kappa shape index (κ1) is 45.0. The van der Waals surface area contributed by atoms with Gasteiger partial charge in [-0.2, -0.15) is 0 Å². The van der Waals surface area contributed by atoms with Gasteiger partial charge in [-0.25, -0.2) is 0 Å². The van der Waals surface area contributed by atoms with Gasteiger partial charge in [-0.05, 0) is 188 Å². The second-order valence-corrected chi connectivity index (χ2v) is 21.4. The molecule has 0 aliphatic carbocycles. The molecule has 0 saturated heterocycles. The molecule has 0 radical (unpaired) electrons. The molecule has 79 heavy (non-hydrogen) atoms. The fourth-order valence-corrected chi connectivity index (χ4v) is 13.2. The van der Waals surface area contributed by atoms with E-state index in [0.717, 1.165) is 5.69 Å². The molecule has 3 nitrogen and oxygen atoms in total. The average molecular weight is 1010 g/mol. The Bertz CT molecular complexity index is 4870. The maximum Gasteiger partial charge on any atom is 0.0541 e. The van der Waals surface area contributed by atoms with Crippen molar-refractivity contribution in [2.75, 3.05) is 0 Å². The highest BCUT2D eigenvalue weighted by atomic mass is 15.0. The summed E-state index contributed by atoms with van der Waals surface area (Å²) in [5, 5.41) is 12.4. The van der Waals surface area contributed by atoms with Gasteiger partial charge in [0.2, 0.25) is 0 Å². The molecule has 0 amide bonds. The van der Waals surface area contributed by atoms with Gasteiger partial charge in [-0.3, -0.25) is 0 Å². The molecule has 0 unspecified atom stereocenters. The van der Waals surface area contributed by atoms with Crippen LogP contribution in [-0.2, 0) is 0 Å². The Morgan fingerprint density at radius 3 is 0.886 bits per heavy atom. The van der Waals surface area contributed by atoms with Crippen LogP contribution >= 0.6 is 0 Å². The molecule has 13 aromatic carbocycles. The summed E-state index contributed by atoms with van der Waals surface area (Å²) >= 11 is 0. The van der Waals surface area contributed by atoms with Crippen molar-refractivity contribution >= 4 is 87.0 Å². The number of fused-ring (bicyclic) bond motifs is 11. The molecule has 0 aliphatic rings. The molecule has 3 aromatic heterocycles. The topological polar surface area (TPSA) is 14.8 Å². The van der Waals surface area contributed by atoms with Crippen LogP contribution < -0.4 is 0 Å². The van der Waals surface area contributed by atoms with Crippen molar-refractivity contribution < 1.29 is 0 Å². The van der Waals surface area contributed by atoms with Crippen LogP contribution in [0.5, 0.6) is 0 Å². The summed E-state index contributed by atoms with van der Waals surface area (Å²) in [7, 11) is 0. The molecule has 0 atom stereocenters. The van der Waals surface area contributed by atoms with Crippen molar-refractivity contribution in [1.29, 1.82) is 0 Å². The number of rotatable bonds is 7. The van der Waals surface area contributed by atoms with Crippen molar-refractivity contribution in [3.05, 3.63) is 284 Å². The number of aromatic nitrogens is 3. The van der Waals surface area contributed by atoms with Gasteiger partial charge in [0, 0.05) is 49.4 Å². The van der Waals surface area contributed by atoms with E-state index in [1.165, 1.54) is 154 Å². The summed E-state index contributed by atoms with van der Waals surface area (Å²) in [5.74, 6) is 0. The molecule has 0 saturated carbocycles. The van der Waals surface area contributed by atoms with E-state index in [-0.39, 0.29) is 0 Å². The number of aryl methyl sites for hydroxylation is 2. The third-order valence-electron chi connectivity index (χ3n) is 16.7. The summed E-state index contributed by atoms with van der Waals surface area (Å²) < 4.78 is 7.29. The zero-order valence-corrected chi connectivity index (χ0v) is 43.8. The molecule has 0 fully saturated rings. The Hall–Kier alpha value is -10.2. The SMILES string of the molecule is Cc1cccc(-n2c3ccccc3c3cc(-c4ccc5c(c4)c4cc(-c6ccc7c(c6)c6ccccc6n7-c6cccc(C)c6)ccc4n5-c4ccc(-c5c6ccccc6c(-c6ccccc6)c6ccccc56)cc4)ccc32)c1. The third-order valence-corrected chi connectivity index (χ3v) is 16.7. The lowest BCUT2D eigenvalue weighted by molar-refractivity contribution is 1.17. The quantitative estimate of drug-likeness (QED) is 0.141. The highest BCUT2D eigenvalue weighted by molar-refractivity contribution is 6.22. The molecule has 370 valence electrons. The van der Waals surface area contributed by atoms with E-state index in [4.69, 9.17) is 0 Å². The minimum Gasteiger partial charge on any atom is -0.309 e. The van der Waals surface area contributed by atoms with Gasteiger partial charge < -0.3 is 13.7 Å². The predicted octanol–water partition coefficient (Wildman–Crippen LogP) is 20.6. The van der Waals surface area contributed by atoms with Gasteiger partial charge in [0.15, 0.2) is 0 Å². The van der Waals surface area contributed by atoms with Crippen molar-refractivity contribution in [2.45, 2.75) is 13.8 Å². The molecule has 0 bridgehead atoms. The highest BCUT2D eigenvalue weighted by Crippen LogP contribution is 2.45. The Morgan fingerprint density at radius 2 is 0.494 bits per heavy atom. The molecule has 0 N–H and O–H groups in total. The zero-order chi connectivity index (χ0) is 52.3. The van der Waals surface area contributed by atoms with Crippen LogP contribution in [0.15, 0.2) is 273 Å². The van der Waals surface area contributed by atoms with E-state index >= 15 is 0 Å². The van der Waals surface area contributed by atoms with Gasteiger partial charge in [0.05, 0.1) is 33.1 Å². The normalized spacial score (nSPS) is 11.9. The average Bonchev–Trinajstić information content (AvgIpc) is 4.32. The number of hydrogen-bond donors (Lipinski definition) is 0. The largest absolute Gasteiger partial charge is 0.309 e. The minimum atomic E-state index is 1.12. The fraction of sp³-hybridized carbons (Fsp3) is 0.0263. The zero-order valence-electron chi connectivity index (χ0n) is 43.8. The number of hydrogen-bond acceptors (Lipinski definition) is 0. The van der Waals surface area contributed by atoms with Crippen LogP contribution in [0.4, 0.5) is 0 Å². The minimum absolute atomic E-state index is 1.12. The van der Waals surface area contributed by atoms with Crippen molar-refractivity contribution in [3.8, 4) is 61.6 Å². The van der Waals surface area contributed by atoms with Gasteiger partial charge >= 0.3 is 0 Å². The van der Waals surface area contributed by atoms with Crippen LogP contribution in [0.2, 0.25) is 0 Å². The van der Waals surface area contributed by atoms with Crippen LogP contribution in [0.25, 0.3) is 149 Å². The smallest absolute Gasteiger partial charge is 0.0541 e. The van der Waals surface area contributed by atoms with Crippen molar-refractivity contribution in [3.63, 3.8) is 0 Å². The van der Waals surface area contributed by atoms with E-state index in [0.29, 0.717) is 0 Å². The first-order valence-electron chi connectivity index (χ1n) is 27.4. The number of benzene rings is 13. The maximum atomic E-state index is 2.47. The molecule has 0 spiro atoms. The van der Waals surface area contributed by atoms with Gasteiger partial charge in [0.25, 0.3) is 0 Å². The summed E-state index contributed by atoms with van der Waals surface area (Å²) in [6.07, 6.45) is 0. The van der Waals surface area contributed by atoms with Crippen LogP contribution in [0.3, 0.4) is 0 Å². The van der Waals surface area contributed by atoms with Gasteiger partial charge in [-0.1, -0.05) is 176 Å². The molecule has 3 heterocycles. The van der Waals surface area contributed by atoms with Gasteiger partial charge in [0.1, 0.15) is 0 Å². The Kier molecular flexibility index (Phi) is 10.1. The number of para-hydroxylation sites is 2. The number of nitrogens with zero attached hydrogens (tertiary/aromatic N) is 3. The standard InChI is InChI=1S/C76H51N3/c1-48-16-14-20-57(42-48)78-69-28-12-10-22-59(69)65-44-52(32-38-71(65)78)54-34-40-73-67(46-54)68-47-55(53-33-39-72-66(45-53)60-23-11-13-29-70(60)79(72)58-21-15-17-49(2)43-58)35-41-74(68)77(73)56-36-30-51(31-37-56)76-63-26-8-6-24-61(63)75(50-18-4-3-5-19-50)62-25-7-9-27-64(62)76/h3-47H,1-2H3. The Labute approximate surface area is 457 Å². The first-order valence-corrected chi connectivity index (χ1v) is 27.4. The molecule has 3 heteroatoms. The Morgan fingerprint density at radius 1 is 0.190 bits per heavy atom. The molecule has 16 aromatic rings. The lowest BCUT2D eigenvalue weighted by Gasteiger charge is -2.18. The summed E-state index contributed by atoms with van der Waals surface area (Å²) in [5.41, 5.74) is 22.8. The van der Waals surface area contributed by atoms with Crippen LogP contribution in [0.1, 0.15) is 11.1 Å². The van der Waals surface area contributed by atoms with E-state index in [2.05, 4.69) is 301 Å². The van der Waals surface area contributed by atoms with E-state index in [1.807, 2.05) is 0 Å². The van der Waals surface area contributed by atoms with E-state index < -0.39 is 0 Å². The second kappa shape index (κ2) is 17.7. The molecule has 16 rings (SSSR count). The van der Waals surface area contributed by atoms with Crippen LogP contribution in [0, 0.1) is 13.8 Å². The summed E-state index contributed by atoms with van der Waals surface area (Å²) in [6, 6.07) is 101. The van der Waals surface area contributed by atoms with E-state index in [9.17, 15) is 0 Å². The summed E-state index contributed by atoms with van der Waals surface area (Å²) in [4.78, 5) is 0. The molecular weight excluding hydrogens is 955 g/mol. The third kappa shape index (κ3) is 7.06. The maximum absolute atomic E-state index is 2.47. The lowest BCUT2D eigenvalue weighted by Crippen LogP contribution is -1.95. The fourth-order valence-electron chi connectivity index (χ4n) is 13.2. The first-order chi connectivity index (χ1) is 39.0. The second-order valence-electron chi connectivity index (χ2n) is 21.4. The highest BCUT2D eigenvalue weighted by Gasteiger charge is 2.21. The van der Waals surface area contributed by atoms with E-state index in [1.54, 1.807) is 0 Å². The summed E-state index contributed by atoms with van der Waals surface area (Å²) in [6.45, 7) is 4.34.